The van der Waals surface area contributed by atoms with Crippen molar-refractivity contribution >= 4 is 5.95 Å². The van der Waals surface area contributed by atoms with Gasteiger partial charge in [-0.3, -0.25) is 0 Å². The summed E-state index contributed by atoms with van der Waals surface area (Å²) in [5, 5.41) is 9.95. The van der Waals surface area contributed by atoms with Gasteiger partial charge in [0.15, 0.2) is 6.29 Å². The summed E-state index contributed by atoms with van der Waals surface area (Å²) in [6, 6.07) is 8.11. The maximum Gasteiger partial charge on any atom is 0.223 e. The molecular formula is C18H23N3O3. The monoisotopic (exact) mass is 329 g/mol. The van der Waals surface area contributed by atoms with Gasteiger partial charge in [-0.15, -0.1) is 0 Å². The summed E-state index contributed by atoms with van der Waals surface area (Å²) in [6.45, 7) is 3.15. The first-order chi connectivity index (χ1) is 11.6. The Kier molecular flexibility index (Phi) is 5.27. The van der Waals surface area contributed by atoms with Crippen LogP contribution in [0.15, 0.2) is 24.3 Å². The second kappa shape index (κ2) is 7.59. The molecule has 6 heteroatoms. The summed E-state index contributed by atoms with van der Waals surface area (Å²) in [5.74, 6) is 0.0352. The zero-order valence-corrected chi connectivity index (χ0v) is 13.9. The van der Waals surface area contributed by atoms with Gasteiger partial charge < -0.3 is 20.3 Å². The highest BCUT2D eigenvalue weighted by Crippen LogP contribution is 2.22. The molecule has 0 spiro atoms. The molecule has 0 radical (unpaired) electrons. The molecule has 1 saturated heterocycles. The lowest BCUT2D eigenvalue weighted by Gasteiger charge is -2.22. The Morgan fingerprint density at radius 2 is 1.96 bits per heavy atom. The number of benzene rings is 1. The highest BCUT2D eigenvalue weighted by atomic mass is 16.7. The molecule has 1 unspecified atom stereocenters. The molecule has 0 bridgehead atoms. The van der Waals surface area contributed by atoms with Crippen LogP contribution in [-0.4, -0.2) is 28.0 Å². The van der Waals surface area contributed by atoms with E-state index >= 15 is 0 Å². The number of hydrogen-bond donors (Lipinski definition) is 2. The lowest BCUT2D eigenvalue weighted by molar-refractivity contribution is -0.168. The fraction of sp³-hybridized carbons (Fsp3) is 0.444. The largest absolute Gasteiger partial charge is 0.493 e. The van der Waals surface area contributed by atoms with Crippen LogP contribution in [0.3, 0.4) is 0 Å². The molecule has 1 fully saturated rings. The molecule has 1 aliphatic heterocycles. The lowest BCUT2D eigenvalue weighted by atomic mass is 10.0. The van der Waals surface area contributed by atoms with E-state index in [0.717, 1.165) is 37.0 Å². The maximum absolute atomic E-state index is 9.95. The third-order valence-electron chi connectivity index (χ3n) is 4.19. The Morgan fingerprint density at radius 1 is 1.21 bits per heavy atom. The van der Waals surface area contributed by atoms with Crippen molar-refractivity contribution in [2.24, 2.45) is 0 Å². The first-order valence-electron chi connectivity index (χ1n) is 8.25. The Balaban J connectivity index is 1.60. The average Bonchev–Trinajstić information content (AvgIpc) is 2.58. The number of hydrogen-bond acceptors (Lipinski definition) is 6. The SMILES string of the molecule is Cc1nc(N)nc(O)c1Cc1ccc(COC2CCCCO2)cc1. The minimum absolute atomic E-state index is 0.0538. The van der Waals surface area contributed by atoms with Crippen molar-refractivity contribution in [3.8, 4) is 5.88 Å². The van der Waals surface area contributed by atoms with Crippen LogP contribution in [0.2, 0.25) is 0 Å². The number of aromatic hydroxyl groups is 1. The van der Waals surface area contributed by atoms with E-state index in [1.807, 2.05) is 31.2 Å². The van der Waals surface area contributed by atoms with E-state index in [9.17, 15) is 5.11 Å². The molecule has 3 rings (SSSR count). The predicted octanol–water partition coefficient (Wildman–Crippen LogP) is 2.71. The van der Waals surface area contributed by atoms with Crippen molar-refractivity contribution in [2.75, 3.05) is 12.3 Å². The van der Waals surface area contributed by atoms with Crippen LogP contribution in [0.4, 0.5) is 5.95 Å². The van der Waals surface area contributed by atoms with Gasteiger partial charge in [0.05, 0.1) is 12.3 Å². The topological polar surface area (TPSA) is 90.5 Å². The van der Waals surface area contributed by atoms with Gasteiger partial charge in [-0.2, -0.15) is 4.98 Å². The van der Waals surface area contributed by atoms with Gasteiger partial charge in [0.2, 0.25) is 11.8 Å². The van der Waals surface area contributed by atoms with E-state index in [1.54, 1.807) is 0 Å². The second-order valence-electron chi connectivity index (χ2n) is 6.07. The van der Waals surface area contributed by atoms with Gasteiger partial charge in [0, 0.05) is 18.6 Å². The predicted molar refractivity (Wildman–Crippen MR) is 90.5 cm³/mol. The molecule has 0 amide bonds. The van der Waals surface area contributed by atoms with Gasteiger partial charge in [-0.25, -0.2) is 4.98 Å². The number of nitrogens with two attached hydrogens (primary N) is 1. The smallest absolute Gasteiger partial charge is 0.223 e. The summed E-state index contributed by atoms with van der Waals surface area (Å²) in [5.41, 5.74) is 9.09. The zero-order chi connectivity index (χ0) is 16.9. The Morgan fingerprint density at radius 3 is 2.62 bits per heavy atom. The number of nitrogen functional groups attached to an aromatic ring is 1. The van der Waals surface area contributed by atoms with Gasteiger partial charge in [-0.1, -0.05) is 24.3 Å². The van der Waals surface area contributed by atoms with Gasteiger partial charge in [0.1, 0.15) is 0 Å². The van der Waals surface area contributed by atoms with Crippen molar-refractivity contribution in [3.05, 3.63) is 46.6 Å². The first kappa shape index (κ1) is 16.7. The molecule has 1 aromatic carbocycles. The number of aryl methyl sites for hydroxylation is 1. The van der Waals surface area contributed by atoms with Crippen LogP contribution in [-0.2, 0) is 22.5 Å². The van der Waals surface area contributed by atoms with Crippen LogP contribution in [0.1, 0.15) is 41.6 Å². The van der Waals surface area contributed by atoms with Crippen LogP contribution in [0, 0.1) is 6.92 Å². The van der Waals surface area contributed by atoms with Crippen molar-refractivity contribution in [1.82, 2.24) is 9.97 Å². The number of anilines is 1. The summed E-state index contributed by atoms with van der Waals surface area (Å²) in [6.07, 6.45) is 3.73. The fourth-order valence-electron chi connectivity index (χ4n) is 2.80. The molecule has 1 aromatic heterocycles. The van der Waals surface area contributed by atoms with Crippen LogP contribution in [0.25, 0.3) is 0 Å². The van der Waals surface area contributed by atoms with E-state index in [1.165, 1.54) is 0 Å². The quantitative estimate of drug-likeness (QED) is 0.876. The molecular weight excluding hydrogens is 306 g/mol. The Bertz CT molecular complexity index is 659. The minimum Gasteiger partial charge on any atom is -0.493 e. The van der Waals surface area contributed by atoms with E-state index in [2.05, 4.69) is 9.97 Å². The molecule has 3 N–H and O–H groups in total. The minimum atomic E-state index is -0.0788. The molecule has 6 nitrogen and oxygen atoms in total. The van der Waals surface area contributed by atoms with E-state index < -0.39 is 0 Å². The number of ether oxygens (including phenoxy) is 2. The summed E-state index contributed by atoms with van der Waals surface area (Å²) in [4.78, 5) is 7.92. The van der Waals surface area contributed by atoms with Crippen LogP contribution >= 0.6 is 0 Å². The average molecular weight is 329 g/mol. The fourth-order valence-corrected chi connectivity index (χ4v) is 2.80. The molecule has 2 heterocycles. The summed E-state index contributed by atoms with van der Waals surface area (Å²) >= 11 is 0. The molecule has 128 valence electrons. The third-order valence-corrected chi connectivity index (χ3v) is 4.19. The summed E-state index contributed by atoms with van der Waals surface area (Å²) < 4.78 is 11.3. The maximum atomic E-state index is 9.95. The van der Waals surface area contributed by atoms with Crippen molar-refractivity contribution in [3.63, 3.8) is 0 Å². The number of rotatable bonds is 5. The Hall–Kier alpha value is -2.18. The van der Waals surface area contributed by atoms with Crippen LogP contribution < -0.4 is 5.73 Å². The van der Waals surface area contributed by atoms with Gasteiger partial charge in [0.25, 0.3) is 0 Å². The second-order valence-corrected chi connectivity index (χ2v) is 6.07. The molecule has 24 heavy (non-hydrogen) atoms. The normalized spacial score (nSPS) is 17.8. The number of nitrogens with zero attached hydrogens (tertiary/aromatic N) is 2. The molecule has 0 saturated carbocycles. The molecule has 1 atom stereocenters. The van der Waals surface area contributed by atoms with Crippen LogP contribution in [0.5, 0.6) is 5.88 Å². The Labute approximate surface area is 141 Å². The summed E-state index contributed by atoms with van der Waals surface area (Å²) in [7, 11) is 0. The van der Waals surface area contributed by atoms with E-state index in [0.29, 0.717) is 24.3 Å². The standard InChI is InChI=1S/C18H23N3O3/c1-12-15(17(22)21-18(19)20-12)10-13-5-7-14(8-6-13)11-24-16-4-2-3-9-23-16/h5-8,16H,2-4,9-11H2,1H3,(H3,19,20,21,22). The van der Waals surface area contributed by atoms with Crippen molar-refractivity contribution in [2.45, 2.75) is 45.5 Å². The molecule has 1 aliphatic rings. The third kappa shape index (κ3) is 4.21. The van der Waals surface area contributed by atoms with Crippen molar-refractivity contribution < 1.29 is 14.6 Å². The number of aromatic nitrogens is 2. The highest BCUT2D eigenvalue weighted by Gasteiger charge is 2.14. The van der Waals surface area contributed by atoms with Gasteiger partial charge in [-0.05, 0) is 37.3 Å². The molecule has 2 aromatic rings. The van der Waals surface area contributed by atoms with E-state index in [-0.39, 0.29) is 18.1 Å². The van der Waals surface area contributed by atoms with Gasteiger partial charge >= 0.3 is 0 Å². The van der Waals surface area contributed by atoms with E-state index in [4.69, 9.17) is 15.2 Å². The molecule has 0 aliphatic carbocycles. The zero-order valence-electron chi connectivity index (χ0n) is 13.9. The lowest BCUT2D eigenvalue weighted by Crippen LogP contribution is -2.21. The highest BCUT2D eigenvalue weighted by molar-refractivity contribution is 5.38. The first-order valence-corrected chi connectivity index (χ1v) is 8.25. The van der Waals surface area contributed by atoms with Crippen molar-refractivity contribution in [1.29, 1.82) is 0 Å².